The van der Waals surface area contributed by atoms with Crippen LogP contribution in [0.15, 0.2) is 91.4 Å². The molecule has 0 bridgehead atoms. The van der Waals surface area contributed by atoms with E-state index in [9.17, 15) is 14.4 Å². The molecular weight excluding hydrogens is 471 g/mol. The van der Waals surface area contributed by atoms with Crippen molar-refractivity contribution in [2.45, 2.75) is 6.92 Å². The molecule has 0 unspecified atom stereocenters. The zero-order chi connectivity index (χ0) is 25.5. The number of rotatable bonds is 4. The predicted molar refractivity (Wildman–Crippen MR) is 137 cm³/mol. The molecule has 9 heteroatoms. The number of carbonyl (C=O) groups is 1. The summed E-state index contributed by atoms with van der Waals surface area (Å²) < 4.78 is 16.3. The Morgan fingerprint density at radius 1 is 1.00 bits per heavy atom. The Morgan fingerprint density at radius 3 is 2.73 bits per heavy atom. The molecule has 0 atom stereocenters. The van der Waals surface area contributed by atoms with Crippen LogP contribution in [0.3, 0.4) is 0 Å². The number of para-hydroxylation sites is 1. The van der Waals surface area contributed by atoms with E-state index in [0.717, 1.165) is 5.56 Å². The highest BCUT2D eigenvalue weighted by Gasteiger charge is 2.19. The SMILES string of the molecule is Cc1cc(-c2nc3cccnn3c2-c2ccnc(NC(=O)c3cc4ccccc4[n+]([O-])c3)c2)ccc1F. The first-order valence-electron chi connectivity index (χ1n) is 11.5. The molecule has 0 saturated heterocycles. The molecule has 0 saturated carbocycles. The third-order valence-electron chi connectivity index (χ3n) is 6.10. The molecule has 1 N–H and O–H groups in total. The van der Waals surface area contributed by atoms with Crippen LogP contribution in [0.5, 0.6) is 0 Å². The summed E-state index contributed by atoms with van der Waals surface area (Å²) >= 11 is 0. The van der Waals surface area contributed by atoms with Crippen LogP contribution in [-0.2, 0) is 0 Å². The molecule has 0 spiro atoms. The van der Waals surface area contributed by atoms with E-state index in [1.807, 2.05) is 6.07 Å². The number of hydrogen-bond donors (Lipinski definition) is 1. The van der Waals surface area contributed by atoms with Crippen molar-refractivity contribution >= 4 is 28.3 Å². The fraction of sp³-hybridized carbons (Fsp3) is 0.0357. The first kappa shape index (κ1) is 22.3. The van der Waals surface area contributed by atoms with Gasteiger partial charge in [0.05, 0.1) is 5.69 Å². The Morgan fingerprint density at radius 2 is 1.86 bits per heavy atom. The minimum Gasteiger partial charge on any atom is -0.618 e. The normalized spacial score (nSPS) is 11.2. The summed E-state index contributed by atoms with van der Waals surface area (Å²) in [6.45, 7) is 1.70. The molecule has 4 aromatic heterocycles. The van der Waals surface area contributed by atoms with Crippen LogP contribution in [0.25, 0.3) is 39.1 Å². The van der Waals surface area contributed by atoms with Gasteiger partial charge in [0.25, 0.3) is 5.91 Å². The molecule has 6 rings (SSSR count). The number of nitrogens with one attached hydrogen (secondary N) is 1. The summed E-state index contributed by atoms with van der Waals surface area (Å²) in [4.78, 5) is 22.0. The summed E-state index contributed by atoms with van der Waals surface area (Å²) in [6, 6.07) is 20.6. The smallest absolute Gasteiger partial charge is 0.262 e. The maximum Gasteiger partial charge on any atom is 0.262 e. The van der Waals surface area contributed by atoms with Crippen LogP contribution < -0.4 is 10.0 Å². The lowest BCUT2D eigenvalue weighted by Crippen LogP contribution is -2.29. The van der Waals surface area contributed by atoms with Gasteiger partial charge >= 0.3 is 0 Å². The molecule has 180 valence electrons. The average Bonchev–Trinajstić information content (AvgIpc) is 3.30. The minimum absolute atomic E-state index is 0.208. The summed E-state index contributed by atoms with van der Waals surface area (Å²) in [5.74, 6) is -0.472. The minimum atomic E-state index is -0.467. The van der Waals surface area contributed by atoms with Gasteiger partial charge in [0.1, 0.15) is 22.9 Å². The van der Waals surface area contributed by atoms with E-state index < -0.39 is 5.91 Å². The Kier molecular flexibility index (Phi) is 5.30. The van der Waals surface area contributed by atoms with Gasteiger partial charge in [-0.15, -0.1) is 0 Å². The van der Waals surface area contributed by atoms with Crippen LogP contribution >= 0.6 is 0 Å². The lowest BCUT2D eigenvalue weighted by Gasteiger charge is -2.09. The molecule has 6 aromatic rings. The molecule has 37 heavy (non-hydrogen) atoms. The van der Waals surface area contributed by atoms with Crippen molar-refractivity contribution in [3.8, 4) is 22.5 Å². The quantitative estimate of drug-likeness (QED) is 0.279. The second-order valence-corrected chi connectivity index (χ2v) is 8.56. The number of aryl methyl sites for hydroxylation is 1. The topological polar surface area (TPSA) is 99.1 Å². The first-order valence-corrected chi connectivity index (χ1v) is 11.5. The van der Waals surface area contributed by atoms with Crippen molar-refractivity contribution < 1.29 is 13.9 Å². The molecule has 0 aliphatic rings. The van der Waals surface area contributed by atoms with Gasteiger partial charge in [-0.3, -0.25) is 4.79 Å². The molecule has 0 radical (unpaired) electrons. The summed E-state index contributed by atoms with van der Waals surface area (Å²) in [5, 5.41) is 20.3. The molecule has 0 aliphatic carbocycles. The maximum absolute atomic E-state index is 14.0. The van der Waals surface area contributed by atoms with E-state index >= 15 is 0 Å². The zero-order valence-corrected chi connectivity index (χ0v) is 19.6. The lowest BCUT2D eigenvalue weighted by molar-refractivity contribution is -0.577. The van der Waals surface area contributed by atoms with Crippen molar-refractivity contribution in [1.29, 1.82) is 0 Å². The van der Waals surface area contributed by atoms with Gasteiger partial charge in [-0.05, 0) is 67.1 Å². The molecule has 8 nitrogen and oxygen atoms in total. The van der Waals surface area contributed by atoms with E-state index in [2.05, 4.69) is 15.4 Å². The second kappa shape index (κ2) is 8.80. The molecule has 2 aromatic carbocycles. The third kappa shape index (κ3) is 4.02. The van der Waals surface area contributed by atoms with Gasteiger partial charge in [-0.25, -0.2) is 18.9 Å². The number of carbonyl (C=O) groups excluding carboxylic acids is 1. The predicted octanol–water partition coefficient (Wildman–Crippen LogP) is 4.94. The van der Waals surface area contributed by atoms with Gasteiger partial charge < -0.3 is 10.5 Å². The summed E-state index contributed by atoms with van der Waals surface area (Å²) in [6.07, 6.45) is 4.46. The van der Waals surface area contributed by atoms with Crippen molar-refractivity contribution in [2.75, 3.05) is 5.32 Å². The average molecular weight is 490 g/mol. The van der Waals surface area contributed by atoms with Gasteiger partial charge in [0.15, 0.2) is 11.8 Å². The molecule has 4 heterocycles. The standard InChI is InChI=1S/C28H19FN6O2/c1-17-13-19(8-9-22(17)29)26-27(35-25(33-26)7-4-11-31-35)20-10-12-30-24(15-20)32-28(36)21-14-18-5-2-3-6-23(18)34(37)16-21/h2-16H,1H3,(H,30,32,36). The fourth-order valence-electron chi connectivity index (χ4n) is 4.31. The number of amides is 1. The monoisotopic (exact) mass is 490 g/mol. The van der Waals surface area contributed by atoms with Crippen LogP contribution in [-0.4, -0.2) is 25.5 Å². The highest BCUT2D eigenvalue weighted by Crippen LogP contribution is 2.33. The number of halogens is 1. The van der Waals surface area contributed by atoms with E-state index in [-0.39, 0.29) is 11.4 Å². The van der Waals surface area contributed by atoms with Crippen molar-refractivity contribution in [3.63, 3.8) is 0 Å². The lowest BCUT2D eigenvalue weighted by atomic mass is 10.0. The van der Waals surface area contributed by atoms with Gasteiger partial charge in [-0.2, -0.15) is 9.83 Å². The van der Waals surface area contributed by atoms with Crippen LogP contribution in [0.2, 0.25) is 0 Å². The number of fused-ring (bicyclic) bond motifs is 2. The van der Waals surface area contributed by atoms with Crippen molar-refractivity contribution in [2.24, 2.45) is 0 Å². The molecule has 1 amide bonds. The van der Waals surface area contributed by atoms with Gasteiger partial charge in [-0.1, -0.05) is 12.1 Å². The Hall–Kier alpha value is -5.18. The Labute approximate surface area is 210 Å². The molecule has 0 aliphatic heterocycles. The number of aromatic nitrogens is 5. The Balaban J connectivity index is 1.41. The van der Waals surface area contributed by atoms with Crippen LogP contribution in [0.4, 0.5) is 10.2 Å². The molecule has 0 fully saturated rings. The van der Waals surface area contributed by atoms with E-state index in [4.69, 9.17) is 4.98 Å². The van der Waals surface area contributed by atoms with Crippen LogP contribution in [0, 0.1) is 17.9 Å². The van der Waals surface area contributed by atoms with E-state index in [1.54, 1.807) is 84.5 Å². The molecular formula is C28H19FN6O2. The largest absolute Gasteiger partial charge is 0.618 e. The zero-order valence-electron chi connectivity index (χ0n) is 19.6. The number of anilines is 1. The van der Waals surface area contributed by atoms with Gasteiger partial charge in [0, 0.05) is 35.0 Å². The number of pyridine rings is 2. The number of imidazole rings is 1. The summed E-state index contributed by atoms with van der Waals surface area (Å²) in [7, 11) is 0. The number of hydrogen-bond acceptors (Lipinski definition) is 5. The number of benzene rings is 2. The third-order valence-corrected chi connectivity index (χ3v) is 6.10. The number of nitrogens with zero attached hydrogens (tertiary/aromatic N) is 5. The summed E-state index contributed by atoms with van der Waals surface area (Å²) in [5.41, 5.74) is 4.52. The Bertz CT molecular complexity index is 1830. The highest BCUT2D eigenvalue weighted by atomic mass is 19.1. The van der Waals surface area contributed by atoms with E-state index in [0.29, 0.717) is 49.6 Å². The first-order chi connectivity index (χ1) is 18.0. The van der Waals surface area contributed by atoms with Crippen LogP contribution in [0.1, 0.15) is 15.9 Å². The fourth-order valence-corrected chi connectivity index (χ4v) is 4.31. The van der Waals surface area contributed by atoms with E-state index in [1.165, 1.54) is 12.3 Å². The maximum atomic E-state index is 14.0. The highest BCUT2D eigenvalue weighted by molar-refractivity contribution is 6.05. The van der Waals surface area contributed by atoms with Gasteiger partial charge in [0.2, 0.25) is 5.52 Å². The van der Waals surface area contributed by atoms with Crippen molar-refractivity contribution in [1.82, 2.24) is 19.6 Å². The van der Waals surface area contributed by atoms with Crippen molar-refractivity contribution in [3.05, 3.63) is 114 Å². The second-order valence-electron chi connectivity index (χ2n) is 8.56.